The van der Waals surface area contributed by atoms with Crippen LogP contribution in [0.15, 0.2) is 387 Å². The third-order valence-electron chi connectivity index (χ3n) is 17.2. The van der Waals surface area contributed by atoms with Gasteiger partial charge in [0.05, 0.1) is 12.5 Å². The van der Waals surface area contributed by atoms with E-state index in [1.54, 1.807) is 24.9 Å². The van der Waals surface area contributed by atoms with Crippen molar-refractivity contribution in [1.82, 2.24) is 0 Å². The van der Waals surface area contributed by atoms with Crippen LogP contribution in [0.2, 0.25) is 0 Å². The van der Waals surface area contributed by atoms with Crippen molar-refractivity contribution in [3.63, 3.8) is 0 Å². The fourth-order valence-electron chi connectivity index (χ4n) is 12.2. The van der Waals surface area contributed by atoms with Crippen LogP contribution in [0.1, 0.15) is 46.5 Å². The summed E-state index contributed by atoms with van der Waals surface area (Å²) in [5, 5.41) is 26.7. The van der Waals surface area contributed by atoms with E-state index in [0.717, 1.165) is 24.0 Å². The van der Waals surface area contributed by atoms with Crippen LogP contribution in [0.3, 0.4) is 0 Å². The Bertz CT molecular complexity index is 4570. The number of hydrogen-bond donors (Lipinski definition) is 1. The van der Waals surface area contributed by atoms with Crippen molar-refractivity contribution in [3.05, 3.63) is 399 Å². The second kappa shape index (κ2) is 57.8. The molecule has 118 heavy (non-hydrogen) atoms. The summed E-state index contributed by atoms with van der Waals surface area (Å²) in [5.74, 6) is 9.09. The van der Waals surface area contributed by atoms with E-state index in [1.165, 1.54) is 76.1 Å². The second-order valence-electron chi connectivity index (χ2n) is 25.8. The molecule has 0 saturated heterocycles. The molecule has 18 heteroatoms. The number of aliphatic hydroxyl groups excluding tert-OH is 1. The molecule has 1 saturated carbocycles. The van der Waals surface area contributed by atoms with E-state index < -0.39 is 63.9 Å². The number of hydrogen-bond acceptors (Lipinski definition) is 9. The molecular formula is C100H86Cl3O9Os2P4-2. The normalized spacial score (nSPS) is 12.2. The number of aliphatic hydroxyl groups is 1. The minimum atomic E-state index is -2.14. The van der Waals surface area contributed by atoms with E-state index in [0.29, 0.717) is 0 Å². The zero-order valence-corrected chi connectivity index (χ0v) is 76.1. The van der Waals surface area contributed by atoms with Crippen LogP contribution in [0, 0.1) is 64.4 Å². The first-order valence-electron chi connectivity index (χ1n) is 36.2. The van der Waals surface area contributed by atoms with Gasteiger partial charge in [-0.05, 0) is 78.4 Å². The molecule has 12 aromatic carbocycles. The molecule has 9 nitrogen and oxygen atoms in total. The first-order valence-corrected chi connectivity index (χ1v) is 49.6. The van der Waals surface area contributed by atoms with Crippen LogP contribution < -0.4 is 76.1 Å². The van der Waals surface area contributed by atoms with Gasteiger partial charge in [0.15, 0.2) is 6.10 Å². The number of methoxy groups -OCH3 is 1. The van der Waals surface area contributed by atoms with Crippen molar-refractivity contribution in [2.45, 2.75) is 52.6 Å². The average Bonchev–Trinajstić information content (AvgIpc) is 0.763. The van der Waals surface area contributed by atoms with E-state index in [9.17, 15) is 4.79 Å². The fourth-order valence-corrected chi connectivity index (χ4v) is 24.5. The van der Waals surface area contributed by atoms with Crippen molar-refractivity contribution < 1.29 is 89.2 Å². The number of allylic oxidation sites excluding steroid dienone is 5. The van der Waals surface area contributed by atoms with Gasteiger partial charge in [-0.1, -0.05) is 291 Å². The Labute approximate surface area is 731 Å². The predicted molar refractivity (Wildman–Crippen MR) is 478 cm³/mol. The zero-order chi connectivity index (χ0) is 84.8. The van der Waals surface area contributed by atoms with Crippen molar-refractivity contribution in [2.75, 3.05) is 7.11 Å². The van der Waals surface area contributed by atoms with E-state index in [-0.39, 0.29) is 49.1 Å². The summed E-state index contributed by atoms with van der Waals surface area (Å²) < 4.78 is 8.26. The van der Waals surface area contributed by atoms with Crippen LogP contribution in [-0.2, 0) is 71.7 Å². The van der Waals surface area contributed by atoms with Gasteiger partial charge >= 0.3 is 263 Å². The molecule has 1 aliphatic carbocycles. The first kappa shape index (κ1) is 100. The van der Waals surface area contributed by atoms with Gasteiger partial charge < -0.3 is 22.3 Å². The number of halogens is 3. The molecule has 1 N–H and O–H groups in total. The van der Waals surface area contributed by atoms with Gasteiger partial charge in [-0.3, -0.25) is 4.79 Å². The summed E-state index contributed by atoms with van der Waals surface area (Å²) in [4.78, 5) is 60.2. The second-order valence-corrected chi connectivity index (χ2v) is 40.1. The van der Waals surface area contributed by atoms with Gasteiger partial charge in [-0.15, -0.1) is 18.8 Å². The maximum Gasteiger partial charge on any atom is -0.0134 e. The molecule has 1 fully saturated rings. The number of carbonyl (C=O) groups is 1. The molecule has 0 spiro atoms. The zero-order valence-electron chi connectivity index (χ0n) is 65.2. The summed E-state index contributed by atoms with van der Waals surface area (Å²) >= 11 is 1.15. The van der Waals surface area contributed by atoms with Gasteiger partial charge in [0, 0.05) is 12.8 Å². The molecule has 0 bridgehead atoms. The van der Waals surface area contributed by atoms with Crippen molar-refractivity contribution in [2.24, 2.45) is 10.8 Å². The number of carbonyl (C=O) groups excluding carboxylic acids is 7. The maximum absolute atomic E-state index is 11.5. The van der Waals surface area contributed by atoms with Gasteiger partial charge in [0.2, 0.25) is 0 Å². The number of esters is 1. The van der Waals surface area contributed by atoms with Crippen LogP contribution in [0.5, 0.6) is 0 Å². The Hall–Kier alpha value is -10.2. The van der Waals surface area contributed by atoms with Gasteiger partial charge in [0.25, 0.3) is 0 Å². The van der Waals surface area contributed by atoms with E-state index in [2.05, 4.69) is 423 Å². The Morgan fingerprint density at radius 3 is 0.907 bits per heavy atom. The van der Waals surface area contributed by atoms with Gasteiger partial charge in [-0.2, -0.15) is 28.8 Å². The Balaban J connectivity index is 0.000000305. The molecule has 0 radical (unpaired) electrons. The molecule has 12 aromatic rings. The fraction of sp³-hybridized carbons (Fsp3) is 0.110. The Kier molecular flexibility index (Phi) is 49.0. The standard InChI is InChI=1S/C30H27P.3C18H15P.C13H14O3.3CO2.3ClH.2Os/c1-24-22-30(3,4)23-26(24)21-20-25(2)31(27-14-8-5-9-15-27,28-16-10-6-11-17-28)29-18-12-7-13-19-29;3*1-4-10-16(11-5-1)19(17-12-6-2-7-13-17)18-14-8-3-9-15-18;1-5-9-13(3,12(15)16-4)10-7-8-11(14)6-2;3*2-1-3;;;;;/h1,5-20H,22-23H2,3-4H3;3*1-15H;1-2,11,14H,9-10H2,3-4H3;;;;3*1H;;/q-1;;;;;;;;;;;;+2/p-3. The van der Waals surface area contributed by atoms with Crippen LogP contribution in [0.4, 0.5) is 0 Å². The van der Waals surface area contributed by atoms with Crippen LogP contribution in [0.25, 0.3) is 0 Å². The number of terminal acetylenes is 2. The maximum atomic E-state index is 11.5. The molecule has 13 rings (SSSR count). The van der Waals surface area contributed by atoms with Crippen molar-refractivity contribution in [3.8, 4) is 40.9 Å². The molecule has 0 heterocycles. The van der Waals surface area contributed by atoms with Gasteiger partial charge in [-0.25, -0.2) is 0 Å². The molecule has 0 aliphatic heterocycles. The third-order valence-corrected chi connectivity index (χ3v) is 29.9. The SMILES string of the molecule is C#CCC(C)(CC#CC(O)C#C)C(=O)OC.O=C=O.O=C=O.O=C=O.[CH-]=C1CC(C)(C)CC1=[C-]C=C([C]#[Os])[P+](c1ccccc1)(c1ccccc1)c1ccccc1.[Cl-].[Cl][Os][Cl].c1ccc(P(c2ccccc2)c2ccccc2)cc1.c1ccc(P(c2ccccc2)c2ccccc2)cc1.c1ccc(P(c2ccccc2)c2ccccc2)cc1. The Morgan fingerprint density at radius 1 is 0.492 bits per heavy atom. The van der Waals surface area contributed by atoms with E-state index in [4.69, 9.17) is 72.6 Å². The smallest absolute Gasteiger partial charge is 0.0134 e. The predicted octanol–water partition coefficient (Wildman–Crippen LogP) is 13.8. The number of ether oxygens (including phenoxy) is 1. The Morgan fingerprint density at radius 2 is 0.720 bits per heavy atom. The summed E-state index contributed by atoms with van der Waals surface area (Å²) in [7, 11) is 7.62. The minimum absolute atomic E-state index is 0. The third kappa shape index (κ3) is 32.9. The molecule has 0 aromatic heterocycles. The van der Waals surface area contributed by atoms with Crippen molar-refractivity contribution >= 4 is 138 Å². The summed E-state index contributed by atoms with van der Waals surface area (Å²) in [6.45, 7) is 12.6. The molecule has 2 atom stereocenters. The number of rotatable bonds is 17. The topological polar surface area (TPSA) is 149 Å². The monoisotopic (exact) mass is 2040 g/mol. The van der Waals surface area contributed by atoms with E-state index in [1.807, 2.05) is 0 Å². The molecular weight excluding hydrogens is 1960 g/mol. The van der Waals surface area contributed by atoms with Crippen LogP contribution in [-0.4, -0.2) is 42.7 Å². The average molecular weight is 2040 g/mol. The summed E-state index contributed by atoms with van der Waals surface area (Å²) in [5.41, 5.74) is 1.45. The summed E-state index contributed by atoms with van der Waals surface area (Å²) in [6, 6.07) is 130. The molecule has 599 valence electrons. The molecule has 2 unspecified atom stereocenters. The number of benzene rings is 12. The first-order chi connectivity index (χ1) is 57.0. The van der Waals surface area contributed by atoms with Gasteiger partial charge in [0.1, 0.15) is 0 Å². The molecule has 1 aliphatic rings. The largest absolute Gasteiger partial charge is 0.0622 e. The van der Waals surface area contributed by atoms with Crippen molar-refractivity contribution in [1.29, 1.82) is 0 Å². The molecule has 0 amide bonds. The van der Waals surface area contributed by atoms with Crippen LogP contribution >= 0.6 is 50.3 Å². The minimum Gasteiger partial charge on any atom is -0.0622 e. The van der Waals surface area contributed by atoms with E-state index >= 15 is 0 Å². The quantitative estimate of drug-likeness (QED) is 0.0407. The summed E-state index contributed by atoms with van der Waals surface area (Å²) in [6.07, 6.45) is 17.8.